The van der Waals surface area contributed by atoms with Crippen LogP contribution in [0.1, 0.15) is 45.7 Å². The Labute approximate surface area is 224 Å². The number of carbonyl (C=O) groups is 2. The number of hydrogen-bond acceptors (Lipinski definition) is 6. The van der Waals surface area contributed by atoms with Crippen LogP contribution >= 0.6 is 0 Å². The molecule has 1 saturated heterocycles. The lowest BCUT2D eigenvalue weighted by atomic mass is 9.91. The van der Waals surface area contributed by atoms with Gasteiger partial charge in [-0.3, -0.25) is 15.0 Å². The summed E-state index contributed by atoms with van der Waals surface area (Å²) >= 11 is 0. The quantitative estimate of drug-likeness (QED) is 0.460. The van der Waals surface area contributed by atoms with Crippen molar-refractivity contribution in [2.45, 2.75) is 77.4 Å². The number of hydrogen-bond donors (Lipinski definition) is 3. The van der Waals surface area contributed by atoms with E-state index in [0.29, 0.717) is 24.5 Å². The first-order chi connectivity index (χ1) is 18.0. The largest absolute Gasteiger partial charge is 0.465 e. The molecule has 0 spiro atoms. The van der Waals surface area contributed by atoms with E-state index >= 15 is 0 Å². The summed E-state index contributed by atoms with van der Waals surface area (Å²) in [6.45, 7) is 10.1. The van der Waals surface area contributed by atoms with Gasteiger partial charge in [0.15, 0.2) is 11.5 Å². The van der Waals surface area contributed by atoms with Crippen LogP contribution in [0.3, 0.4) is 0 Å². The summed E-state index contributed by atoms with van der Waals surface area (Å²) in [5.41, 5.74) is 1.11. The van der Waals surface area contributed by atoms with Gasteiger partial charge in [-0.1, -0.05) is 50.2 Å². The number of aliphatic hydroxyl groups is 1. The molecule has 2 amide bonds. The van der Waals surface area contributed by atoms with Gasteiger partial charge in [0, 0.05) is 12.1 Å². The lowest BCUT2D eigenvalue weighted by Gasteiger charge is -2.42. The average Bonchev–Trinajstić information content (AvgIpc) is 3.45. The molecule has 3 N–H and O–H groups in total. The maximum Gasteiger partial charge on any atom is 0.408 e. The standard InChI is InChI=1S/C29H39N3O6/c1-18(2)26-30-24(27(34)31(26)14-13-20-11-12-22-23(16-20)38-17-37-22)25(33)21(15-19-9-7-6-8-10-19)32(28(35)36)29(3,4)5/h6-12,16,18,21,24-26,30,33H,13-15,17H2,1-5H3,(H,35,36)/t21-,24-,25-,26?/m0/s1. The minimum atomic E-state index is -1.25. The van der Waals surface area contributed by atoms with Crippen molar-refractivity contribution in [1.82, 2.24) is 15.1 Å². The summed E-state index contributed by atoms with van der Waals surface area (Å²) in [6, 6.07) is 13.5. The van der Waals surface area contributed by atoms with Gasteiger partial charge >= 0.3 is 6.09 Å². The molecule has 38 heavy (non-hydrogen) atoms. The molecular formula is C29H39N3O6. The van der Waals surface area contributed by atoms with Crippen molar-refractivity contribution < 1.29 is 29.3 Å². The van der Waals surface area contributed by atoms with Gasteiger partial charge in [-0.05, 0) is 62.8 Å². The third-order valence-corrected chi connectivity index (χ3v) is 7.23. The molecule has 206 valence electrons. The van der Waals surface area contributed by atoms with E-state index in [-0.39, 0.29) is 31.2 Å². The number of aliphatic hydroxyl groups excluding tert-OH is 1. The highest BCUT2D eigenvalue weighted by atomic mass is 16.7. The Balaban J connectivity index is 1.57. The fraction of sp³-hybridized carbons (Fsp3) is 0.517. The van der Waals surface area contributed by atoms with Crippen LogP contribution in [0.2, 0.25) is 0 Å². The summed E-state index contributed by atoms with van der Waals surface area (Å²) in [4.78, 5) is 29.2. The second kappa shape index (κ2) is 11.2. The van der Waals surface area contributed by atoms with E-state index in [4.69, 9.17) is 9.47 Å². The van der Waals surface area contributed by atoms with Crippen molar-refractivity contribution in [3.05, 3.63) is 59.7 Å². The van der Waals surface area contributed by atoms with Gasteiger partial charge in [-0.25, -0.2) is 4.79 Å². The number of amides is 2. The normalized spacial score (nSPS) is 20.6. The summed E-state index contributed by atoms with van der Waals surface area (Å²) in [5, 5.41) is 25.2. The predicted molar refractivity (Wildman–Crippen MR) is 143 cm³/mol. The smallest absolute Gasteiger partial charge is 0.408 e. The first-order valence-electron chi connectivity index (χ1n) is 13.2. The van der Waals surface area contributed by atoms with Gasteiger partial charge in [0.1, 0.15) is 6.04 Å². The average molecular weight is 526 g/mol. The Hall–Kier alpha value is -3.30. The molecule has 2 aromatic rings. The molecule has 0 bridgehead atoms. The summed E-state index contributed by atoms with van der Waals surface area (Å²) in [7, 11) is 0. The molecule has 2 heterocycles. The maximum absolute atomic E-state index is 13.8. The Kier molecular flexibility index (Phi) is 8.18. The van der Waals surface area contributed by atoms with Gasteiger partial charge in [-0.15, -0.1) is 0 Å². The number of carboxylic acid groups (broad SMARTS) is 1. The zero-order chi connectivity index (χ0) is 27.6. The maximum atomic E-state index is 13.8. The Bertz CT molecular complexity index is 1130. The van der Waals surface area contributed by atoms with Crippen molar-refractivity contribution in [1.29, 1.82) is 0 Å². The second-order valence-electron chi connectivity index (χ2n) is 11.4. The third-order valence-electron chi connectivity index (χ3n) is 7.23. The van der Waals surface area contributed by atoms with Gasteiger partial charge < -0.3 is 24.6 Å². The highest BCUT2D eigenvalue weighted by molar-refractivity contribution is 5.85. The van der Waals surface area contributed by atoms with E-state index in [9.17, 15) is 19.8 Å². The molecule has 9 heteroatoms. The summed E-state index contributed by atoms with van der Waals surface area (Å²) in [6.07, 6.45) is -1.80. The van der Waals surface area contributed by atoms with Crippen LogP contribution < -0.4 is 14.8 Å². The molecule has 0 aromatic heterocycles. The number of nitrogens with one attached hydrogen (secondary N) is 1. The number of ether oxygens (including phenoxy) is 2. The SMILES string of the molecule is CC(C)C1N[C@@H]([C@@H](O)[C@H](Cc2ccccc2)N(C(=O)O)C(C)(C)C)C(=O)N1CCc1ccc2c(c1)OCO2. The van der Waals surface area contributed by atoms with E-state index in [1.165, 1.54) is 4.90 Å². The summed E-state index contributed by atoms with van der Waals surface area (Å²) < 4.78 is 10.9. The molecular weight excluding hydrogens is 486 g/mol. The Morgan fingerprint density at radius 3 is 2.42 bits per heavy atom. The molecule has 1 unspecified atom stereocenters. The molecule has 1 fully saturated rings. The zero-order valence-electron chi connectivity index (χ0n) is 22.8. The Morgan fingerprint density at radius 1 is 1.11 bits per heavy atom. The molecule has 2 aliphatic rings. The first-order valence-corrected chi connectivity index (χ1v) is 13.2. The summed E-state index contributed by atoms with van der Waals surface area (Å²) in [5.74, 6) is 1.26. The van der Waals surface area contributed by atoms with Crippen LogP contribution in [-0.4, -0.2) is 75.2 Å². The minimum absolute atomic E-state index is 0.0821. The highest BCUT2D eigenvalue weighted by Gasteiger charge is 2.48. The number of fused-ring (bicyclic) bond motifs is 1. The fourth-order valence-electron chi connectivity index (χ4n) is 5.42. The minimum Gasteiger partial charge on any atom is -0.465 e. The van der Waals surface area contributed by atoms with E-state index in [1.807, 2.05) is 62.4 Å². The molecule has 2 aliphatic heterocycles. The molecule has 2 aromatic carbocycles. The lowest BCUT2D eigenvalue weighted by Crippen LogP contribution is -2.61. The fourth-order valence-corrected chi connectivity index (χ4v) is 5.42. The van der Waals surface area contributed by atoms with Crippen LogP contribution in [-0.2, 0) is 17.6 Å². The monoisotopic (exact) mass is 525 g/mol. The number of carbonyl (C=O) groups excluding carboxylic acids is 1. The van der Waals surface area contributed by atoms with Crippen LogP contribution in [0, 0.1) is 5.92 Å². The molecule has 4 rings (SSSR count). The molecule has 9 nitrogen and oxygen atoms in total. The van der Waals surface area contributed by atoms with Crippen molar-refractivity contribution >= 4 is 12.0 Å². The molecule has 0 saturated carbocycles. The first kappa shape index (κ1) is 27.7. The second-order valence-corrected chi connectivity index (χ2v) is 11.4. The van der Waals surface area contributed by atoms with Crippen LogP contribution in [0.25, 0.3) is 0 Å². The lowest BCUT2D eigenvalue weighted by molar-refractivity contribution is -0.133. The third kappa shape index (κ3) is 5.89. The number of nitrogens with zero attached hydrogens (tertiary/aromatic N) is 2. The van der Waals surface area contributed by atoms with E-state index in [2.05, 4.69) is 5.32 Å². The molecule has 0 aliphatic carbocycles. The van der Waals surface area contributed by atoms with Gasteiger partial charge in [0.05, 0.1) is 18.3 Å². The van der Waals surface area contributed by atoms with Crippen molar-refractivity contribution in [2.75, 3.05) is 13.3 Å². The van der Waals surface area contributed by atoms with Gasteiger partial charge in [0.25, 0.3) is 0 Å². The van der Waals surface area contributed by atoms with E-state index < -0.39 is 29.8 Å². The van der Waals surface area contributed by atoms with E-state index in [0.717, 1.165) is 11.1 Å². The van der Waals surface area contributed by atoms with Gasteiger partial charge in [-0.2, -0.15) is 0 Å². The number of benzene rings is 2. The van der Waals surface area contributed by atoms with Crippen LogP contribution in [0.5, 0.6) is 11.5 Å². The molecule has 4 atom stereocenters. The topological polar surface area (TPSA) is 112 Å². The van der Waals surface area contributed by atoms with E-state index in [1.54, 1.807) is 25.7 Å². The van der Waals surface area contributed by atoms with Crippen LogP contribution in [0.4, 0.5) is 4.79 Å². The van der Waals surface area contributed by atoms with Crippen LogP contribution in [0.15, 0.2) is 48.5 Å². The van der Waals surface area contributed by atoms with Crippen molar-refractivity contribution in [2.24, 2.45) is 5.92 Å². The van der Waals surface area contributed by atoms with Gasteiger partial charge in [0.2, 0.25) is 12.7 Å². The number of rotatable bonds is 9. The zero-order valence-corrected chi connectivity index (χ0v) is 22.8. The predicted octanol–water partition coefficient (Wildman–Crippen LogP) is 3.49. The van der Waals surface area contributed by atoms with Crippen molar-refractivity contribution in [3.8, 4) is 11.5 Å². The highest BCUT2D eigenvalue weighted by Crippen LogP contribution is 2.33. The Morgan fingerprint density at radius 2 is 1.79 bits per heavy atom. The molecule has 0 radical (unpaired) electrons. The van der Waals surface area contributed by atoms with Crippen molar-refractivity contribution in [3.63, 3.8) is 0 Å².